The molecule has 0 saturated heterocycles. The zero-order chi connectivity index (χ0) is 10.1. The molecule has 72 valence electrons. The van der Waals surface area contributed by atoms with Crippen molar-refractivity contribution >= 4 is 23.2 Å². The number of pyridine rings is 1. The van der Waals surface area contributed by atoms with Gasteiger partial charge in [0.2, 0.25) is 5.88 Å². The van der Waals surface area contributed by atoms with Crippen molar-refractivity contribution in [3.63, 3.8) is 0 Å². The van der Waals surface area contributed by atoms with E-state index in [0.717, 1.165) is 6.07 Å². The van der Waals surface area contributed by atoms with Crippen molar-refractivity contribution in [2.45, 2.75) is 6.36 Å². The maximum Gasteiger partial charge on any atom is 0.574 e. The summed E-state index contributed by atoms with van der Waals surface area (Å²) in [4.78, 5) is 3.25. The van der Waals surface area contributed by atoms with Crippen LogP contribution in [0.5, 0.6) is 5.88 Å². The number of aromatic nitrogens is 1. The van der Waals surface area contributed by atoms with Crippen LogP contribution >= 0.6 is 23.2 Å². The maximum absolute atomic E-state index is 11.7. The van der Waals surface area contributed by atoms with E-state index < -0.39 is 12.2 Å². The molecule has 0 amide bonds. The van der Waals surface area contributed by atoms with Crippen LogP contribution in [0.15, 0.2) is 12.1 Å². The molecule has 1 aromatic heterocycles. The van der Waals surface area contributed by atoms with E-state index in [-0.39, 0.29) is 10.2 Å². The number of alkyl halides is 3. The Morgan fingerprint density at radius 1 is 1.23 bits per heavy atom. The molecule has 0 fully saturated rings. The quantitative estimate of drug-likeness (QED) is 0.693. The highest BCUT2D eigenvalue weighted by Crippen LogP contribution is 2.28. The lowest BCUT2D eigenvalue weighted by atomic mass is 10.5. The van der Waals surface area contributed by atoms with Gasteiger partial charge in [-0.05, 0) is 12.1 Å². The highest BCUT2D eigenvalue weighted by Gasteiger charge is 2.32. The van der Waals surface area contributed by atoms with Crippen LogP contribution in [0.2, 0.25) is 10.2 Å². The molecule has 0 N–H and O–H groups in total. The van der Waals surface area contributed by atoms with Crippen LogP contribution in [0, 0.1) is 0 Å². The van der Waals surface area contributed by atoms with E-state index in [1.54, 1.807) is 0 Å². The molecule has 0 radical (unpaired) electrons. The summed E-state index contributed by atoms with van der Waals surface area (Å²) in [6, 6.07) is 2.42. The molecular formula is C6H2Cl2F3NO. The summed E-state index contributed by atoms with van der Waals surface area (Å²) < 4.78 is 38.6. The van der Waals surface area contributed by atoms with E-state index >= 15 is 0 Å². The first kappa shape index (κ1) is 10.4. The topological polar surface area (TPSA) is 22.1 Å². The van der Waals surface area contributed by atoms with Gasteiger partial charge < -0.3 is 4.74 Å². The Hall–Kier alpha value is -0.680. The predicted molar refractivity (Wildman–Crippen MR) is 40.9 cm³/mol. The summed E-state index contributed by atoms with van der Waals surface area (Å²) >= 11 is 10.7. The molecule has 0 bridgehead atoms. The van der Waals surface area contributed by atoms with Gasteiger partial charge in [0.1, 0.15) is 10.2 Å². The zero-order valence-corrected chi connectivity index (χ0v) is 7.41. The van der Waals surface area contributed by atoms with Crippen LogP contribution in [0.1, 0.15) is 0 Å². The molecule has 0 saturated carbocycles. The van der Waals surface area contributed by atoms with Gasteiger partial charge in [0.15, 0.2) is 0 Å². The van der Waals surface area contributed by atoms with Crippen molar-refractivity contribution in [1.29, 1.82) is 0 Å². The molecule has 0 aliphatic heterocycles. The molecular weight excluding hydrogens is 230 g/mol. The summed E-state index contributed by atoms with van der Waals surface area (Å²) in [7, 11) is 0. The number of ether oxygens (including phenoxy) is 1. The second kappa shape index (κ2) is 3.59. The van der Waals surface area contributed by atoms with E-state index in [1.807, 2.05) is 0 Å². The van der Waals surface area contributed by atoms with Gasteiger partial charge in [-0.15, -0.1) is 13.2 Å². The summed E-state index contributed by atoms with van der Waals surface area (Å²) in [5.74, 6) is -0.748. The van der Waals surface area contributed by atoms with Gasteiger partial charge in [-0.2, -0.15) is 0 Å². The van der Waals surface area contributed by atoms with Crippen molar-refractivity contribution < 1.29 is 17.9 Å². The summed E-state index contributed by atoms with van der Waals surface area (Å²) in [5.41, 5.74) is 0. The Balaban J connectivity index is 2.94. The molecule has 0 aliphatic rings. The molecule has 0 aliphatic carbocycles. The van der Waals surface area contributed by atoms with E-state index in [9.17, 15) is 13.2 Å². The van der Waals surface area contributed by atoms with E-state index in [1.165, 1.54) is 6.07 Å². The smallest absolute Gasteiger partial charge is 0.386 e. The Morgan fingerprint density at radius 3 is 2.38 bits per heavy atom. The van der Waals surface area contributed by atoms with Gasteiger partial charge in [-0.1, -0.05) is 23.2 Å². The number of hydrogen-bond donors (Lipinski definition) is 0. The molecule has 1 rings (SSSR count). The first-order valence-corrected chi connectivity index (χ1v) is 3.72. The van der Waals surface area contributed by atoms with Crippen LogP contribution in [-0.4, -0.2) is 11.3 Å². The van der Waals surface area contributed by atoms with Crippen LogP contribution < -0.4 is 4.74 Å². The minimum absolute atomic E-state index is 0.122. The summed E-state index contributed by atoms with van der Waals surface area (Å²) in [5, 5.41) is -0.370. The molecule has 1 aromatic rings. The normalized spacial score (nSPS) is 11.5. The Bertz CT molecular complexity index is 315. The minimum Gasteiger partial charge on any atom is -0.386 e. The Morgan fingerprint density at radius 2 is 1.85 bits per heavy atom. The summed E-state index contributed by atoms with van der Waals surface area (Å²) in [6.07, 6.45) is -4.82. The average molecular weight is 232 g/mol. The summed E-state index contributed by atoms with van der Waals surface area (Å²) in [6.45, 7) is 0. The lowest BCUT2D eigenvalue weighted by molar-refractivity contribution is -0.276. The average Bonchev–Trinajstić information content (AvgIpc) is 1.94. The zero-order valence-electron chi connectivity index (χ0n) is 5.90. The first-order chi connectivity index (χ1) is 5.88. The lowest BCUT2D eigenvalue weighted by Gasteiger charge is -2.08. The van der Waals surface area contributed by atoms with Crippen molar-refractivity contribution in [1.82, 2.24) is 4.98 Å². The third-order valence-electron chi connectivity index (χ3n) is 0.992. The van der Waals surface area contributed by atoms with Crippen LogP contribution in [-0.2, 0) is 0 Å². The number of hydrogen-bond acceptors (Lipinski definition) is 2. The molecule has 0 spiro atoms. The standard InChI is InChI=1S/C6H2Cl2F3NO/c7-3-1-2-4(8)12-5(3)13-6(9,10)11/h1-2H. The largest absolute Gasteiger partial charge is 0.574 e. The van der Waals surface area contributed by atoms with Gasteiger partial charge in [0, 0.05) is 0 Å². The highest BCUT2D eigenvalue weighted by atomic mass is 35.5. The fraction of sp³-hybridized carbons (Fsp3) is 0.167. The maximum atomic E-state index is 11.7. The molecule has 7 heteroatoms. The van der Waals surface area contributed by atoms with E-state index in [0.29, 0.717) is 0 Å². The van der Waals surface area contributed by atoms with Gasteiger partial charge >= 0.3 is 6.36 Å². The molecule has 13 heavy (non-hydrogen) atoms. The number of rotatable bonds is 1. The molecule has 0 atom stereocenters. The first-order valence-electron chi connectivity index (χ1n) is 2.96. The van der Waals surface area contributed by atoms with Crippen molar-refractivity contribution in [3.05, 3.63) is 22.3 Å². The molecule has 0 unspecified atom stereocenters. The van der Waals surface area contributed by atoms with Gasteiger partial charge in [0.05, 0.1) is 0 Å². The van der Waals surface area contributed by atoms with E-state index in [2.05, 4.69) is 9.72 Å². The molecule has 2 nitrogen and oxygen atoms in total. The van der Waals surface area contributed by atoms with Crippen molar-refractivity contribution in [2.75, 3.05) is 0 Å². The SMILES string of the molecule is FC(F)(F)Oc1nc(Cl)ccc1Cl. The second-order valence-corrected chi connectivity index (χ2v) is 2.76. The molecule has 1 heterocycles. The number of halogens is 5. The highest BCUT2D eigenvalue weighted by molar-refractivity contribution is 6.33. The number of nitrogens with zero attached hydrogens (tertiary/aromatic N) is 1. The van der Waals surface area contributed by atoms with Gasteiger partial charge in [-0.3, -0.25) is 0 Å². The van der Waals surface area contributed by atoms with Crippen LogP contribution in [0.4, 0.5) is 13.2 Å². The third kappa shape index (κ3) is 3.28. The van der Waals surface area contributed by atoms with Crippen LogP contribution in [0.25, 0.3) is 0 Å². The van der Waals surface area contributed by atoms with Crippen molar-refractivity contribution in [2.24, 2.45) is 0 Å². The Labute approximate surface area is 81.2 Å². The molecule has 0 aromatic carbocycles. The van der Waals surface area contributed by atoms with Gasteiger partial charge in [-0.25, -0.2) is 4.98 Å². The predicted octanol–water partition coefficient (Wildman–Crippen LogP) is 3.29. The van der Waals surface area contributed by atoms with E-state index in [4.69, 9.17) is 23.2 Å². The monoisotopic (exact) mass is 231 g/mol. The second-order valence-electron chi connectivity index (χ2n) is 1.97. The van der Waals surface area contributed by atoms with Crippen LogP contribution in [0.3, 0.4) is 0 Å². The minimum atomic E-state index is -4.82. The fourth-order valence-electron chi connectivity index (χ4n) is 0.582. The third-order valence-corrected chi connectivity index (χ3v) is 1.49. The fourth-order valence-corrected chi connectivity index (χ4v) is 0.866. The Kier molecular flexibility index (Phi) is 2.87. The van der Waals surface area contributed by atoms with Crippen molar-refractivity contribution in [3.8, 4) is 5.88 Å². The van der Waals surface area contributed by atoms with Gasteiger partial charge in [0.25, 0.3) is 0 Å². The lowest BCUT2D eigenvalue weighted by Crippen LogP contribution is -2.18.